The van der Waals surface area contributed by atoms with E-state index in [9.17, 15) is 9.59 Å². The molecule has 0 unspecified atom stereocenters. The molecule has 2 rings (SSSR count). The van der Waals surface area contributed by atoms with Crippen LogP contribution in [0, 0.1) is 0 Å². The third kappa shape index (κ3) is 3.66. The van der Waals surface area contributed by atoms with Crippen LogP contribution in [-0.4, -0.2) is 22.0 Å². The number of carbonyl (C=O) groups is 2. The third-order valence-electron chi connectivity index (χ3n) is 3.00. The van der Waals surface area contributed by atoms with Crippen LogP contribution in [0.5, 0.6) is 0 Å². The quantitative estimate of drug-likeness (QED) is 0.884. The molecule has 0 saturated carbocycles. The maximum Gasteiger partial charge on any atom is 0.338 e. The van der Waals surface area contributed by atoms with Gasteiger partial charge in [-0.25, -0.2) is 4.79 Å². The van der Waals surface area contributed by atoms with Crippen LogP contribution in [0.2, 0.25) is 0 Å². The number of anilines is 1. The van der Waals surface area contributed by atoms with Gasteiger partial charge in [-0.15, -0.1) is 0 Å². The number of hydrogen-bond donors (Lipinski definition) is 2. The molecule has 1 amide bonds. The van der Waals surface area contributed by atoms with Crippen molar-refractivity contribution < 1.29 is 14.7 Å². The Morgan fingerprint density at radius 1 is 1.19 bits per heavy atom. The lowest BCUT2D eigenvalue weighted by Crippen LogP contribution is -2.18. The van der Waals surface area contributed by atoms with Gasteiger partial charge >= 0.3 is 5.97 Å². The summed E-state index contributed by atoms with van der Waals surface area (Å²) >= 11 is 0. The molecular formula is C16H16N2O3. The van der Waals surface area contributed by atoms with Gasteiger partial charge < -0.3 is 10.4 Å². The maximum absolute atomic E-state index is 12.1. The average molecular weight is 284 g/mol. The number of hydrogen-bond acceptors (Lipinski definition) is 3. The molecule has 0 aliphatic heterocycles. The van der Waals surface area contributed by atoms with Crippen molar-refractivity contribution in [1.29, 1.82) is 0 Å². The fraction of sp³-hybridized carbons (Fsp3) is 0.188. The molecule has 2 aromatic rings. The van der Waals surface area contributed by atoms with Crippen molar-refractivity contribution in [2.24, 2.45) is 0 Å². The second kappa shape index (κ2) is 6.65. The Labute approximate surface area is 122 Å². The summed E-state index contributed by atoms with van der Waals surface area (Å²) in [6, 6.07) is 10.3. The molecular weight excluding hydrogens is 268 g/mol. The zero-order valence-corrected chi connectivity index (χ0v) is 11.7. The number of benzene rings is 1. The van der Waals surface area contributed by atoms with Crippen LogP contribution in [0.15, 0.2) is 42.6 Å². The number of nitrogens with one attached hydrogen (secondary N) is 1. The van der Waals surface area contributed by atoms with Gasteiger partial charge in [0.05, 0.1) is 5.56 Å². The molecule has 1 aromatic heterocycles. The van der Waals surface area contributed by atoms with E-state index < -0.39 is 11.9 Å². The van der Waals surface area contributed by atoms with E-state index >= 15 is 0 Å². The number of aromatic carboxylic acids is 1. The molecule has 1 heterocycles. The highest BCUT2D eigenvalue weighted by Crippen LogP contribution is 2.13. The third-order valence-corrected chi connectivity index (χ3v) is 3.00. The van der Waals surface area contributed by atoms with E-state index in [1.807, 2.05) is 12.1 Å². The summed E-state index contributed by atoms with van der Waals surface area (Å²) in [6.07, 6.45) is 3.44. The van der Waals surface area contributed by atoms with E-state index in [-0.39, 0.29) is 11.3 Å². The second-order valence-corrected chi connectivity index (χ2v) is 4.61. The number of pyridine rings is 1. The van der Waals surface area contributed by atoms with Gasteiger partial charge in [0.15, 0.2) is 0 Å². The van der Waals surface area contributed by atoms with Gasteiger partial charge in [-0.05, 0) is 36.2 Å². The Morgan fingerprint density at radius 3 is 2.52 bits per heavy atom. The summed E-state index contributed by atoms with van der Waals surface area (Å²) in [5.41, 5.74) is 1.60. The Kier molecular flexibility index (Phi) is 4.66. The molecule has 0 spiro atoms. The van der Waals surface area contributed by atoms with Crippen molar-refractivity contribution in [2.45, 2.75) is 19.8 Å². The first-order chi connectivity index (χ1) is 10.1. The molecule has 108 valence electrons. The van der Waals surface area contributed by atoms with Gasteiger partial charge in [-0.1, -0.05) is 25.5 Å². The molecule has 0 aliphatic carbocycles. The molecule has 0 radical (unpaired) electrons. The largest absolute Gasteiger partial charge is 0.478 e. The second-order valence-electron chi connectivity index (χ2n) is 4.61. The number of carboxylic acids is 1. The number of nitrogens with zero attached hydrogens (tertiary/aromatic N) is 1. The van der Waals surface area contributed by atoms with Crippen LogP contribution >= 0.6 is 0 Å². The molecule has 0 bridgehead atoms. The van der Waals surface area contributed by atoms with Gasteiger partial charge in [0.25, 0.3) is 5.91 Å². The fourth-order valence-electron chi connectivity index (χ4n) is 1.99. The van der Waals surface area contributed by atoms with Crippen LogP contribution < -0.4 is 5.32 Å². The van der Waals surface area contributed by atoms with Crippen molar-refractivity contribution in [1.82, 2.24) is 4.98 Å². The fourth-order valence-corrected chi connectivity index (χ4v) is 1.99. The average Bonchev–Trinajstić information content (AvgIpc) is 2.49. The predicted molar refractivity (Wildman–Crippen MR) is 79.6 cm³/mol. The number of carboxylic acid groups (broad SMARTS) is 1. The minimum atomic E-state index is -1.17. The van der Waals surface area contributed by atoms with Gasteiger partial charge in [0.2, 0.25) is 0 Å². The highest BCUT2D eigenvalue weighted by Gasteiger charge is 2.17. The van der Waals surface area contributed by atoms with E-state index in [1.54, 1.807) is 12.1 Å². The standard InChI is InChI=1S/C16H16N2O3/c1-2-4-11-6-8-12(9-7-11)18-15(19)14-13(16(20)21)5-3-10-17-14/h3,5-10H,2,4H2,1H3,(H,18,19)(H,20,21). The van der Waals surface area contributed by atoms with Gasteiger partial charge in [-0.3, -0.25) is 9.78 Å². The highest BCUT2D eigenvalue weighted by atomic mass is 16.4. The zero-order valence-electron chi connectivity index (χ0n) is 11.7. The first-order valence-corrected chi connectivity index (χ1v) is 6.70. The number of amides is 1. The van der Waals surface area contributed by atoms with E-state index in [4.69, 9.17) is 5.11 Å². The van der Waals surface area contributed by atoms with Crippen molar-refractivity contribution in [3.8, 4) is 0 Å². The minimum absolute atomic E-state index is 0.0948. The number of rotatable bonds is 5. The van der Waals surface area contributed by atoms with E-state index in [1.165, 1.54) is 23.9 Å². The lowest BCUT2D eigenvalue weighted by molar-refractivity contribution is 0.0691. The van der Waals surface area contributed by atoms with E-state index in [0.717, 1.165) is 12.8 Å². The summed E-state index contributed by atoms with van der Waals surface area (Å²) in [5.74, 6) is -1.71. The van der Waals surface area contributed by atoms with Crippen LogP contribution in [0.4, 0.5) is 5.69 Å². The van der Waals surface area contributed by atoms with Gasteiger partial charge in [-0.2, -0.15) is 0 Å². The summed E-state index contributed by atoms with van der Waals surface area (Å²) in [5, 5.41) is 11.7. The summed E-state index contributed by atoms with van der Waals surface area (Å²) in [6.45, 7) is 2.10. The number of aromatic nitrogens is 1. The summed E-state index contributed by atoms with van der Waals surface area (Å²) < 4.78 is 0. The van der Waals surface area contributed by atoms with Gasteiger partial charge in [0.1, 0.15) is 5.69 Å². The number of aryl methyl sites for hydroxylation is 1. The normalized spacial score (nSPS) is 10.1. The predicted octanol–water partition coefficient (Wildman–Crippen LogP) is 2.98. The van der Waals surface area contributed by atoms with Crippen LogP contribution in [0.3, 0.4) is 0 Å². The molecule has 1 aromatic carbocycles. The van der Waals surface area contributed by atoms with E-state index in [2.05, 4.69) is 17.2 Å². The molecule has 0 atom stereocenters. The lowest BCUT2D eigenvalue weighted by Gasteiger charge is -2.07. The topological polar surface area (TPSA) is 79.3 Å². The summed E-state index contributed by atoms with van der Waals surface area (Å²) in [7, 11) is 0. The molecule has 21 heavy (non-hydrogen) atoms. The van der Waals surface area contributed by atoms with Crippen molar-refractivity contribution in [2.75, 3.05) is 5.32 Å². The molecule has 5 heteroatoms. The van der Waals surface area contributed by atoms with Crippen LogP contribution in [0.1, 0.15) is 39.8 Å². The first kappa shape index (κ1) is 14.7. The minimum Gasteiger partial charge on any atom is -0.478 e. The lowest BCUT2D eigenvalue weighted by atomic mass is 10.1. The summed E-state index contributed by atoms with van der Waals surface area (Å²) in [4.78, 5) is 27.0. The molecule has 5 nitrogen and oxygen atoms in total. The Bertz CT molecular complexity index is 651. The molecule has 0 aliphatic rings. The van der Waals surface area contributed by atoms with Crippen molar-refractivity contribution >= 4 is 17.6 Å². The van der Waals surface area contributed by atoms with Crippen LogP contribution in [-0.2, 0) is 6.42 Å². The maximum atomic E-state index is 12.1. The van der Waals surface area contributed by atoms with Gasteiger partial charge in [0, 0.05) is 11.9 Å². The molecule has 2 N–H and O–H groups in total. The SMILES string of the molecule is CCCc1ccc(NC(=O)c2ncccc2C(=O)O)cc1. The molecule has 0 fully saturated rings. The smallest absolute Gasteiger partial charge is 0.338 e. The first-order valence-electron chi connectivity index (χ1n) is 6.70. The number of carbonyl (C=O) groups excluding carboxylic acids is 1. The van der Waals surface area contributed by atoms with Crippen molar-refractivity contribution in [3.63, 3.8) is 0 Å². The zero-order chi connectivity index (χ0) is 15.2. The van der Waals surface area contributed by atoms with Crippen LogP contribution in [0.25, 0.3) is 0 Å². The Morgan fingerprint density at radius 2 is 1.90 bits per heavy atom. The highest BCUT2D eigenvalue weighted by molar-refractivity contribution is 6.09. The van der Waals surface area contributed by atoms with E-state index in [0.29, 0.717) is 5.69 Å². The molecule has 0 saturated heterocycles. The van der Waals surface area contributed by atoms with Crippen molar-refractivity contribution in [3.05, 3.63) is 59.4 Å². The Balaban J connectivity index is 2.16. The monoisotopic (exact) mass is 284 g/mol. The Hall–Kier alpha value is -2.69.